The molecule has 0 amide bonds. The van der Waals surface area contributed by atoms with Crippen LogP contribution < -0.4 is 0 Å². The van der Waals surface area contributed by atoms with Gasteiger partial charge in [0.2, 0.25) is 0 Å². The first kappa shape index (κ1) is 25.3. The fraction of sp³-hybridized carbons (Fsp3) is 0.536. The summed E-state index contributed by atoms with van der Waals surface area (Å²) in [6.45, 7) is 4.81. The Hall–Kier alpha value is -2.32. The summed E-state index contributed by atoms with van der Waals surface area (Å²) in [6, 6.07) is 18.5. The maximum atomic E-state index is 13.9. The van der Waals surface area contributed by atoms with E-state index in [-0.39, 0.29) is 11.5 Å². The standard InChI is InChI=1S/C28H35F3N2/c1-2-19-33(21-17-23-11-4-3-5-12-23)20-10-18-27(22-32,24-13-6-7-14-24)25-15-8-9-16-26(25)28(29,30)31/h3-5,8-9,11-12,15-16,24H,2,6-7,10,13-14,17-21H2,1H3. The second-order valence-electron chi connectivity index (χ2n) is 9.29. The summed E-state index contributed by atoms with van der Waals surface area (Å²) in [7, 11) is 0. The number of benzene rings is 2. The Morgan fingerprint density at radius 1 is 0.909 bits per heavy atom. The predicted molar refractivity (Wildman–Crippen MR) is 127 cm³/mol. The van der Waals surface area contributed by atoms with Crippen LogP contribution in [0.4, 0.5) is 13.2 Å². The second-order valence-corrected chi connectivity index (χ2v) is 9.29. The third-order valence-corrected chi connectivity index (χ3v) is 7.11. The number of nitrogens with zero attached hydrogens (tertiary/aromatic N) is 2. The number of hydrogen-bond donors (Lipinski definition) is 0. The van der Waals surface area contributed by atoms with Crippen LogP contribution in [-0.2, 0) is 18.0 Å². The summed E-state index contributed by atoms with van der Waals surface area (Å²) in [5, 5.41) is 10.4. The van der Waals surface area contributed by atoms with Gasteiger partial charge in [0.1, 0.15) is 0 Å². The number of rotatable bonds is 11. The van der Waals surface area contributed by atoms with Crippen LogP contribution in [0, 0.1) is 17.2 Å². The highest BCUT2D eigenvalue weighted by Gasteiger charge is 2.46. The third kappa shape index (κ3) is 6.38. The Morgan fingerprint density at radius 2 is 1.55 bits per heavy atom. The smallest absolute Gasteiger partial charge is 0.303 e. The van der Waals surface area contributed by atoms with Crippen LogP contribution in [0.2, 0.25) is 0 Å². The molecule has 0 saturated heterocycles. The van der Waals surface area contributed by atoms with Crippen molar-refractivity contribution < 1.29 is 13.2 Å². The molecule has 1 fully saturated rings. The Bertz CT molecular complexity index is 897. The maximum Gasteiger partial charge on any atom is 0.416 e. The molecule has 178 valence electrons. The van der Waals surface area contributed by atoms with Crippen LogP contribution in [0.25, 0.3) is 0 Å². The van der Waals surface area contributed by atoms with Crippen molar-refractivity contribution in [2.24, 2.45) is 5.92 Å². The van der Waals surface area contributed by atoms with Gasteiger partial charge in [-0.2, -0.15) is 18.4 Å². The van der Waals surface area contributed by atoms with Crippen LogP contribution in [0.1, 0.15) is 68.6 Å². The molecule has 1 unspecified atom stereocenters. The Kier molecular flexibility index (Phi) is 8.97. The Morgan fingerprint density at radius 3 is 2.15 bits per heavy atom. The molecule has 5 heteroatoms. The summed E-state index contributed by atoms with van der Waals surface area (Å²) in [5.41, 5.74) is -0.263. The lowest BCUT2D eigenvalue weighted by Crippen LogP contribution is -2.36. The molecule has 1 atom stereocenters. The minimum Gasteiger partial charge on any atom is -0.303 e. The molecule has 0 N–H and O–H groups in total. The van der Waals surface area contributed by atoms with Crippen LogP contribution in [0.15, 0.2) is 54.6 Å². The van der Waals surface area contributed by atoms with Crippen molar-refractivity contribution in [1.82, 2.24) is 4.90 Å². The molecule has 0 radical (unpaired) electrons. The van der Waals surface area contributed by atoms with Gasteiger partial charge in [0, 0.05) is 6.54 Å². The number of hydrogen-bond acceptors (Lipinski definition) is 2. The minimum absolute atomic E-state index is 0.0186. The van der Waals surface area contributed by atoms with Gasteiger partial charge in [0.05, 0.1) is 17.0 Å². The van der Waals surface area contributed by atoms with Gasteiger partial charge in [-0.25, -0.2) is 0 Å². The van der Waals surface area contributed by atoms with Crippen molar-refractivity contribution in [3.05, 3.63) is 71.3 Å². The van der Waals surface area contributed by atoms with E-state index < -0.39 is 17.2 Å². The van der Waals surface area contributed by atoms with Crippen LogP contribution in [0.5, 0.6) is 0 Å². The number of alkyl halides is 3. The molecule has 1 aliphatic carbocycles. The van der Waals surface area contributed by atoms with Crippen LogP contribution in [0.3, 0.4) is 0 Å². The molecule has 1 aliphatic rings. The molecule has 0 aromatic heterocycles. The summed E-state index contributed by atoms with van der Waals surface area (Å²) in [4.78, 5) is 2.39. The molecule has 33 heavy (non-hydrogen) atoms. The fourth-order valence-corrected chi connectivity index (χ4v) is 5.47. The molecule has 3 rings (SSSR count). The van der Waals surface area contributed by atoms with E-state index in [1.165, 1.54) is 11.6 Å². The highest BCUT2D eigenvalue weighted by Crippen LogP contribution is 2.48. The summed E-state index contributed by atoms with van der Waals surface area (Å²) < 4.78 is 41.7. The summed E-state index contributed by atoms with van der Waals surface area (Å²) in [6.07, 6.45) is 2.32. The summed E-state index contributed by atoms with van der Waals surface area (Å²) in [5.74, 6) is -0.0186. The SMILES string of the molecule is CCCN(CCCC(C#N)(c1ccccc1C(F)(F)F)C1CCCC1)CCc1ccccc1. The van der Waals surface area contributed by atoms with Crippen molar-refractivity contribution in [3.8, 4) is 6.07 Å². The summed E-state index contributed by atoms with van der Waals surface area (Å²) >= 11 is 0. The lowest BCUT2D eigenvalue weighted by molar-refractivity contribution is -0.138. The van der Waals surface area contributed by atoms with E-state index in [9.17, 15) is 18.4 Å². The zero-order chi connectivity index (χ0) is 23.7. The molecule has 0 aliphatic heterocycles. The van der Waals surface area contributed by atoms with Crippen molar-refractivity contribution in [1.29, 1.82) is 5.26 Å². The average molecular weight is 457 g/mol. The van der Waals surface area contributed by atoms with Gasteiger partial charge >= 0.3 is 6.18 Å². The lowest BCUT2D eigenvalue weighted by Gasteiger charge is -2.36. The topological polar surface area (TPSA) is 27.0 Å². The predicted octanol–water partition coefficient (Wildman–Crippen LogP) is 7.39. The third-order valence-electron chi connectivity index (χ3n) is 7.11. The molecule has 0 heterocycles. The molecule has 0 bridgehead atoms. The number of halogens is 3. The zero-order valence-electron chi connectivity index (χ0n) is 19.6. The first-order valence-corrected chi connectivity index (χ1v) is 12.2. The van der Waals surface area contributed by atoms with Gasteiger partial charge < -0.3 is 4.90 Å². The molecule has 1 saturated carbocycles. The van der Waals surface area contributed by atoms with Gasteiger partial charge in [-0.15, -0.1) is 0 Å². The lowest BCUT2D eigenvalue weighted by atomic mass is 9.66. The second kappa shape index (κ2) is 11.7. The van der Waals surface area contributed by atoms with Crippen molar-refractivity contribution in [3.63, 3.8) is 0 Å². The van der Waals surface area contributed by atoms with Crippen molar-refractivity contribution >= 4 is 0 Å². The maximum absolute atomic E-state index is 13.9. The van der Waals surface area contributed by atoms with E-state index >= 15 is 0 Å². The van der Waals surface area contributed by atoms with E-state index in [2.05, 4.69) is 30.0 Å². The molecular formula is C28H35F3N2. The fourth-order valence-electron chi connectivity index (χ4n) is 5.47. The van der Waals surface area contributed by atoms with E-state index in [1.807, 2.05) is 18.2 Å². The Balaban J connectivity index is 1.78. The van der Waals surface area contributed by atoms with Gasteiger partial charge in [0.15, 0.2) is 0 Å². The minimum atomic E-state index is -4.46. The van der Waals surface area contributed by atoms with Crippen molar-refractivity contribution in [2.45, 2.75) is 69.9 Å². The Labute approximate surface area is 196 Å². The highest BCUT2D eigenvalue weighted by atomic mass is 19.4. The molecule has 2 aromatic carbocycles. The first-order valence-electron chi connectivity index (χ1n) is 12.2. The molecule has 0 spiro atoms. The van der Waals surface area contributed by atoms with E-state index in [1.54, 1.807) is 12.1 Å². The van der Waals surface area contributed by atoms with Gasteiger partial charge in [-0.3, -0.25) is 0 Å². The van der Waals surface area contributed by atoms with Gasteiger partial charge in [-0.1, -0.05) is 68.3 Å². The largest absolute Gasteiger partial charge is 0.416 e. The first-order chi connectivity index (χ1) is 15.9. The van der Waals surface area contributed by atoms with E-state index in [0.717, 1.165) is 64.2 Å². The number of nitriles is 1. The normalized spacial score (nSPS) is 16.6. The average Bonchev–Trinajstić information content (AvgIpc) is 3.36. The molecule has 2 nitrogen and oxygen atoms in total. The van der Waals surface area contributed by atoms with Crippen molar-refractivity contribution in [2.75, 3.05) is 19.6 Å². The van der Waals surface area contributed by atoms with Crippen LogP contribution in [-0.4, -0.2) is 24.5 Å². The van der Waals surface area contributed by atoms with E-state index in [0.29, 0.717) is 12.8 Å². The van der Waals surface area contributed by atoms with E-state index in [4.69, 9.17) is 0 Å². The van der Waals surface area contributed by atoms with Crippen LogP contribution >= 0.6 is 0 Å². The molecule has 2 aromatic rings. The van der Waals surface area contributed by atoms with Gasteiger partial charge in [0.25, 0.3) is 0 Å². The zero-order valence-corrected chi connectivity index (χ0v) is 19.6. The molecular weight excluding hydrogens is 421 g/mol. The monoisotopic (exact) mass is 456 g/mol. The quantitative estimate of drug-likeness (QED) is 0.352. The highest BCUT2D eigenvalue weighted by molar-refractivity contribution is 5.42. The van der Waals surface area contributed by atoms with Gasteiger partial charge in [-0.05, 0) is 74.7 Å².